The summed E-state index contributed by atoms with van der Waals surface area (Å²) in [7, 11) is 0. The molecule has 0 aromatic heterocycles. The maximum Gasteiger partial charge on any atom is 0.317 e. The molecule has 0 radical (unpaired) electrons. The Morgan fingerprint density at radius 1 is 1.07 bits per heavy atom. The summed E-state index contributed by atoms with van der Waals surface area (Å²) in [4.78, 5) is 12.8. The molecular weight excluding hydrogens is 380 g/mol. The largest absolute Gasteiger partial charge is 0.480 e. The van der Waals surface area contributed by atoms with E-state index in [2.05, 4.69) is 0 Å². The number of carboxylic acids is 1. The van der Waals surface area contributed by atoms with Crippen molar-refractivity contribution in [2.75, 3.05) is 0 Å². The molecule has 3 nitrogen and oxygen atoms in total. The highest BCUT2D eigenvalue weighted by Gasteiger charge is 2.22. The van der Waals surface area contributed by atoms with Crippen molar-refractivity contribution in [2.45, 2.75) is 23.5 Å². The Labute approximate surface area is 168 Å². The van der Waals surface area contributed by atoms with Crippen molar-refractivity contribution in [3.8, 4) is 11.5 Å². The first-order valence-electron chi connectivity index (χ1n) is 8.49. The first-order chi connectivity index (χ1) is 13.0. The number of aryl methyl sites for hydroxylation is 1. The number of carboxylic acid groups (broad SMARTS) is 1. The van der Waals surface area contributed by atoms with Gasteiger partial charge in [-0.25, -0.2) is 0 Å². The molecule has 3 aromatic carbocycles. The number of ether oxygens (including phenoxy) is 1. The smallest absolute Gasteiger partial charge is 0.317 e. The molecule has 0 heterocycles. The highest BCUT2D eigenvalue weighted by atomic mass is 35.5. The number of thioether (sulfide) groups is 1. The van der Waals surface area contributed by atoms with Crippen molar-refractivity contribution >= 4 is 29.3 Å². The predicted molar refractivity (Wildman–Crippen MR) is 110 cm³/mol. The zero-order valence-electron chi connectivity index (χ0n) is 14.8. The molecule has 138 valence electrons. The second-order valence-corrected chi connectivity index (χ2v) is 7.84. The van der Waals surface area contributed by atoms with E-state index in [-0.39, 0.29) is 0 Å². The van der Waals surface area contributed by atoms with Crippen LogP contribution >= 0.6 is 23.4 Å². The van der Waals surface area contributed by atoms with Crippen LogP contribution in [0.15, 0.2) is 77.7 Å². The first kappa shape index (κ1) is 19.3. The molecule has 3 rings (SSSR count). The van der Waals surface area contributed by atoms with Crippen LogP contribution in [0.5, 0.6) is 11.5 Å². The fourth-order valence-electron chi connectivity index (χ4n) is 2.58. The Bertz CT molecular complexity index is 911. The van der Waals surface area contributed by atoms with Crippen molar-refractivity contribution in [3.63, 3.8) is 0 Å². The van der Waals surface area contributed by atoms with Gasteiger partial charge in [0, 0.05) is 9.92 Å². The molecule has 1 N–H and O–H groups in total. The summed E-state index contributed by atoms with van der Waals surface area (Å²) in [6, 6.07) is 22.5. The van der Waals surface area contributed by atoms with E-state index in [9.17, 15) is 9.90 Å². The van der Waals surface area contributed by atoms with E-state index in [1.807, 2.05) is 61.5 Å². The Balaban J connectivity index is 1.83. The van der Waals surface area contributed by atoms with Gasteiger partial charge in [-0.3, -0.25) is 4.79 Å². The van der Waals surface area contributed by atoms with Gasteiger partial charge >= 0.3 is 5.97 Å². The second kappa shape index (κ2) is 8.98. The number of hydrogen-bond donors (Lipinski definition) is 1. The van der Waals surface area contributed by atoms with Gasteiger partial charge in [-0.15, -0.1) is 11.8 Å². The van der Waals surface area contributed by atoms with Crippen LogP contribution in [0.4, 0.5) is 0 Å². The monoisotopic (exact) mass is 398 g/mol. The Morgan fingerprint density at radius 2 is 1.78 bits per heavy atom. The van der Waals surface area contributed by atoms with Crippen LogP contribution in [0.25, 0.3) is 0 Å². The summed E-state index contributed by atoms with van der Waals surface area (Å²) < 4.78 is 5.95. The third kappa shape index (κ3) is 5.52. The summed E-state index contributed by atoms with van der Waals surface area (Å²) >= 11 is 7.47. The standard InChI is InChI=1S/C22H19ClO3S/c1-15-7-10-19(11-8-15)27-21(22(24)25)14-16-13-17(23)9-12-20(16)26-18-5-3-2-4-6-18/h2-13,21H,14H2,1H3,(H,24,25)/t21-/m0/s1. The highest BCUT2D eigenvalue weighted by molar-refractivity contribution is 8.00. The molecule has 0 spiro atoms. The maximum absolute atomic E-state index is 11.8. The Kier molecular flexibility index (Phi) is 6.43. The van der Waals surface area contributed by atoms with Crippen LogP contribution < -0.4 is 4.74 Å². The lowest BCUT2D eigenvalue weighted by Gasteiger charge is -2.16. The van der Waals surface area contributed by atoms with E-state index in [4.69, 9.17) is 16.3 Å². The first-order valence-corrected chi connectivity index (χ1v) is 9.74. The molecule has 5 heteroatoms. The molecule has 0 aliphatic heterocycles. The highest BCUT2D eigenvalue weighted by Crippen LogP contribution is 2.33. The van der Waals surface area contributed by atoms with Gasteiger partial charge in [-0.2, -0.15) is 0 Å². The van der Waals surface area contributed by atoms with Crippen molar-refractivity contribution < 1.29 is 14.6 Å². The number of halogens is 1. The molecule has 0 aliphatic rings. The lowest BCUT2D eigenvalue weighted by atomic mass is 10.1. The minimum absolute atomic E-state index is 0.302. The molecule has 0 unspecified atom stereocenters. The third-order valence-electron chi connectivity index (χ3n) is 3.97. The van der Waals surface area contributed by atoms with Gasteiger partial charge in [0.15, 0.2) is 0 Å². The van der Waals surface area contributed by atoms with Crippen LogP contribution in [0.1, 0.15) is 11.1 Å². The molecule has 0 saturated heterocycles. The van der Waals surface area contributed by atoms with E-state index >= 15 is 0 Å². The minimum atomic E-state index is -0.869. The molecular formula is C22H19ClO3S. The third-order valence-corrected chi connectivity index (χ3v) is 5.41. The van der Waals surface area contributed by atoms with Gasteiger partial charge < -0.3 is 9.84 Å². The van der Waals surface area contributed by atoms with E-state index in [0.29, 0.717) is 22.9 Å². The lowest BCUT2D eigenvalue weighted by molar-refractivity contribution is -0.136. The van der Waals surface area contributed by atoms with Gasteiger partial charge in [0.1, 0.15) is 16.7 Å². The van der Waals surface area contributed by atoms with Crippen molar-refractivity contribution in [1.82, 2.24) is 0 Å². The van der Waals surface area contributed by atoms with Gasteiger partial charge in [-0.05, 0) is 61.4 Å². The topological polar surface area (TPSA) is 46.5 Å². The molecule has 0 fully saturated rings. The van der Waals surface area contributed by atoms with Crippen LogP contribution in [-0.4, -0.2) is 16.3 Å². The van der Waals surface area contributed by atoms with E-state index in [1.165, 1.54) is 11.8 Å². The average Bonchev–Trinajstić information content (AvgIpc) is 2.66. The predicted octanol–water partition coefficient (Wildman–Crippen LogP) is 6.23. The van der Waals surface area contributed by atoms with E-state index in [1.54, 1.807) is 18.2 Å². The van der Waals surface area contributed by atoms with E-state index in [0.717, 1.165) is 16.0 Å². The fraction of sp³-hybridized carbons (Fsp3) is 0.136. The zero-order valence-corrected chi connectivity index (χ0v) is 16.3. The summed E-state index contributed by atoms with van der Waals surface area (Å²) in [5.74, 6) is 0.437. The van der Waals surface area contributed by atoms with E-state index < -0.39 is 11.2 Å². The fourth-order valence-corrected chi connectivity index (χ4v) is 3.76. The number of para-hydroxylation sites is 1. The Hall–Kier alpha value is -2.43. The minimum Gasteiger partial charge on any atom is -0.480 e. The summed E-state index contributed by atoms with van der Waals surface area (Å²) in [6.07, 6.45) is 0.302. The summed E-state index contributed by atoms with van der Waals surface area (Å²) in [5.41, 5.74) is 1.90. The lowest BCUT2D eigenvalue weighted by Crippen LogP contribution is -2.19. The molecule has 0 bridgehead atoms. The van der Waals surface area contributed by atoms with Gasteiger partial charge in [0.05, 0.1) is 0 Å². The number of rotatable bonds is 7. The van der Waals surface area contributed by atoms with Crippen LogP contribution in [0, 0.1) is 6.92 Å². The van der Waals surface area contributed by atoms with Crippen molar-refractivity contribution in [2.24, 2.45) is 0 Å². The maximum atomic E-state index is 11.8. The SMILES string of the molecule is Cc1ccc(S[C@@H](Cc2cc(Cl)ccc2Oc2ccccc2)C(=O)O)cc1. The summed E-state index contributed by atoms with van der Waals surface area (Å²) in [5, 5.41) is 9.61. The zero-order chi connectivity index (χ0) is 19.2. The van der Waals surface area contributed by atoms with Gasteiger partial charge in [0.2, 0.25) is 0 Å². The van der Waals surface area contributed by atoms with Crippen molar-refractivity contribution in [1.29, 1.82) is 0 Å². The number of carbonyl (C=O) groups is 1. The molecule has 1 atom stereocenters. The molecule has 0 aliphatic carbocycles. The van der Waals surface area contributed by atoms with Gasteiger partial charge in [-0.1, -0.05) is 47.5 Å². The number of benzene rings is 3. The molecule has 27 heavy (non-hydrogen) atoms. The normalized spacial score (nSPS) is 11.8. The quantitative estimate of drug-likeness (QED) is 0.479. The van der Waals surface area contributed by atoms with Gasteiger partial charge in [0.25, 0.3) is 0 Å². The average molecular weight is 399 g/mol. The van der Waals surface area contributed by atoms with Crippen LogP contribution in [0.3, 0.4) is 0 Å². The number of aliphatic carboxylic acids is 1. The second-order valence-electron chi connectivity index (χ2n) is 6.13. The molecule has 3 aromatic rings. The van der Waals surface area contributed by atoms with Crippen molar-refractivity contribution in [3.05, 3.63) is 88.9 Å². The molecule has 0 saturated carbocycles. The number of hydrogen-bond acceptors (Lipinski definition) is 3. The summed E-state index contributed by atoms with van der Waals surface area (Å²) in [6.45, 7) is 2.00. The van der Waals surface area contributed by atoms with Crippen LogP contribution in [-0.2, 0) is 11.2 Å². The van der Waals surface area contributed by atoms with Crippen LogP contribution in [0.2, 0.25) is 5.02 Å². The molecule has 0 amide bonds. The Morgan fingerprint density at radius 3 is 2.44 bits per heavy atom.